The Morgan fingerprint density at radius 1 is 1.23 bits per heavy atom. The van der Waals surface area contributed by atoms with Gasteiger partial charge in [-0.2, -0.15) is 4.40 Å². The maximum atomic E-state index is 2.19. The highest BCUT2D eigenvalue weighted by atomic mass is 15.2. The van der Waals surface area contributed by atoms with E-state index in [0.717, 1.165) is 0 Å². The number of aryl methyl sites for hydroxylation is 4. The van der Waals surface area contributed by atoms with Crippen LogP contribution < -0.4 is 9.13 Å². The lowest BCUT2D eigenvalue weighted by atomic mass is 10.3. The zero-order chi connectivity index (χ0) is 9.59. The quantitative estimate of drug-likeness (QED) is 0.510. The van der Waals surface area contributed by atoms with E-state index in [4.69, 9.17) is 0 Å². The lowest BCUT2D eigenvalue weighted by Gasteiger charge is -1.99. The molecule has 0 fully saturated rings. The molecule has 13 heavy (non-hydrogen) atoms. The number of imidazole rings is 1. The molecule has 0 amide bonds. The van der Waals surface area contributed by atoms with Crippen molar-refractivity contribution in [2.24, 2.45) is 14.1 Å². The predicted molar refractivity (Wildman–Crippen MR) is 49.2 cm³/mol. The Balaban J connectivity index is 2.95. The van der Waals surface area contributed by atoms with Crippen LogP contribution in [0.1, 0.15) is 11.4 Å². The van der Waals surface area contributed by atoms with Gasteiger partial charge in [-0.3, -0.25) is 0 Å². The lowest BCUT2D eigenvalue weighted by molar-refractivity contribution is -0.680. The number of fused-ring (bicyclic) bond motifs is 1. The fourth-order valence-corrected chi connectivity index (χ4v) is 1.69. The molecule has 0 unspecified atom stereocenters. The number of hydrogen-bond donors (Lipinski definition) is 0. The second kappa shape index (κ2) is 2.55. The van der Waals surface area contributed by atoms with Gasteiger partial charge >= 0.3 is 5.65 Å². The summed E-state index contributed by atoms with van der Waals surface area (Å²) >= 11 is 0. The third-order valence-corrected chi connectivity index (χ3v) is 2.53. The molecule has 2 rings (SSSR count). The van der Waals surface area contributed by atoms with Crippen LogP contribution in [0.25, 0.3) is 5.65 Å². The molecule has 0 aliphatic rings. The van der Waals surface area contributed by atoms with Crippen molar-refractivity contribution in [3.63, 3.8) is 0 Å². The zero-order valence-electron chi connectivity index (χ0n) is 8.57. The third-order valence-electron chi connectivity index (χ3n) is 2.53. The van der Waals surface area contributed by atoms with Crippen LogP contribution >= 0.6 is 0 Å². The molecule has 0 aliphatic heterocycles. The average molecular weight is 177 g/mol. The highest BCUT2D eigenvalue weighted by Gasteiger charge is 2.13. The van der Waals surface area contributed by atoms with Crippen LogP contribution in [0.5, 0.6) is 0 Å². The van der Waals surface area contributed by atoms with Gasteiger partial charge in [-0.05, 0) is 13.8 Å². The Hall–Kier alpha value is -1.38. The van der Waals surface area contributed by atoms with E-state index in [9.17, 15) is 0 Å². The first-order valence-corrected chi connectivity index (χ1v) is 4.43. The van der Waals surface area contributed by atoms with Gasteiger partial charge in [0.15, 0.2) is 6.20 Å². The topological polar surface area (TPSA) is 12.2 Å². The Morgan fingerprint density at radius 3 is 2.62 bits per heavy atom. The molecule has 0 N–H and O–H groups in total. The first kappa shape index (κ1) is 8.23. The van der Waals surface area contributed by atoms with Gasteiger partial charge in [-0.25, -0.2) is 9.13 Å². The second-order valence-corrected chi connectivity index (χ2v) is 3.62. The smallest absolute Gasteiger partial charge is 0.235 e. The normalized spacial score (nSPS) is 11.1. The number of aromatic nitrogens is 3. The van der Waals surface area contributed by atoms with Crippen molar-refractivity contribution in [1.29, 1.82) is 0 Å². The summed E-state index contributed by atoms with van der Waals surface area (Å²) in [5.74, 6) is 0. The Kier molecular flexibility index (Phi) is 1.62. The molecule has 0 aliphatic carbocycles. The molecule has 0 radical (unpaired) electrons. The van der Waals surface area contributed by atoms with Crippen molar-refractivity contribution in [1.82, 2.24) is 4.40 Å². The molecular formula is C10H15N3+2. The van der Waals surface area contributed by atoms with Gasteiger partial charge in [-0.15, -0.1) is 0 Å². The van der Waals surface area contributed by atoms with E-state index in [1.807, 2.05) is 7.05 Å². The zero-order valence-corrected chi connectivity index (χ0v) is 8.57. The minimum Gasteiger partial charge on any atom is -0.235 e. The summed E-state index contributed by atoms with van der Waals surface area (Å²) in [6.07, 6.45) is 4.21. The highest BCUT2D eigenvalue weighted by molar-refractivity contribution is 5.28. The molecular weight excluding hydrogens is 162 g/mol. The molecule has 2 aromatic rings. The number of rotatable bonds is 0. The van der Waals surface area contributed by atoms with Gasteiger partial charge in [0, 0.05) is 6.07 Å². The third kappa shape index (κ3) is 1.11. The molecule has 0 spiro atoms. The highest BCUT2D eigenvalue weighted by Crippen LogP contribution is 2.01. The summed E-state index contributed by atoms with van der Waals surface area (Å²) in [6.45, 7) is 4.25. The molecule has 0 aromatic carbocycles. The van der Waals surface area contributed by atoms with Gasteiger partial charge in [0.25, 0.3) is 6.33 Å². The molecule has 2 heterocycles. The van der Waals surface area contributed by atoms with Crippen molar-refractivity contribution in [3.05, 3.63) is 30.0 Å². The molecule has 0 bridgehead atoms. The van der Waals surface area contributed by atoms with Gasteiger partial charge in [0.1, 0.15) is 11.4 Å². The Morgan fingerprint density at radius 2 is 1.92 bits per heavy atom. The largest absolute Gasteiger partial charge is 0.329 e. The lowest BCUT2D eigenvalue weighted by Crippen LogP contribution is -2.34. The van der Waals surface area contributed by atoms with Crippen molar-refractivity contribution in [3.8, 4) is 0 Å². The van der Waals surface area contributed by atoms with Crippen molar-refractivity contribution < 1.29 is 9.13 Å². The molecule has 68 valence electrons. The molecule has 3 nitrogen and oxygen atoms in total. The van der Waals surface area contributed by atoms with E-state index >= 15 is 0 Å². The van der Waals surface area contributed by atoms with Crippen molar-refractivity contribution in [2.75, 3.05) is 0 Å². The minimum atomic E-state index is 1.22. The van der Waals surface area contributed by atoms with Crippen molar-refractivity contribution >= 4 is 5.65 Å². The molecule has 0 atom stereocenters. The monoisotopic (exact) mass is 177 g/mol. The molecule has 0 saturated heterocycles. The molecule has 2 aromatic heterocycles. The second-order valence-electron chi connectivity index (χ2n) is 3.62. The SMILES string of the molecule is Cc1cc(C)[n+](C)c2c[n+](C)cn12. The van der Waals surface area contributed by atoms with Crippen LogP contribution in [-0.2, 0) is 14.1 Å². The van der Waals surface area contributed by atoms with Crippen molar-refractivity contribution in [2.45, 2.75) is 13.8 Å². The van der Waals surface area contributed by atoms with Gasteiger partial charge in [-0.1, -0.05) is 0 Å². The summed E-state index contributed by atoms with van der Waals surface area (Å²) < 4.78 is 6.45. The summed E-state index contributed by atoms with van der Waals surface area (Å²) in [5, 5.41) is 0. The van der Waals surface area contributed by atoms with Crippen LogP contribution in [-0.4, -0.2) is 4.40 Å². The van der Waals surface area contributed by atoms with E-state index in [2.05, 4.69) is 53.0 Å². The number of nitrogens with zero attached hydrogens (tertiary/aromatic N) is 3. The van der Waals surface area contributed by atoms with Gasteiger partial charge < -0.3 is 0 Å². The number of hydrogen-bond acceptors (Lipinski definition) is 0. The first-order valence-electron chi connectivity index (χ1n) is 4.43. The fraction of sp³-hybridized carbons (Fsp3) is 0.400. The van der Waals surface area contributed by atoms with Crippen LogP contribution in [0.2, 0.25) is 0 Å². The maximum absolute atomic E-state index is 2.19. The maximum Gasteiger partial charge on any atom is 0.329 e. The van der Waals surface area contributed by atoms with Crippen LogP contribution in [0.15, 0.2) is 18.6 Å². The summed E-state index contributed by atoms with van der Waals surface area (Å²) in [6, 6.07) is 2.19. The minimum absolute atomic E-state index is 1.22. The van der Waals surface area contributed by atoms with Gasteiger partial charge in [0.05, 0.1) is 14.1 Å². The predicted octanol–water partition coefficient (Wildman–Crippen LogP) is 0.205. The van der Waals surface area contributed by atoms with E-state index in [-0.39, 0.29) is 0 Å². The first-order chi connectivity index (χ1) is 6.09. The molecule has 0 saturated carbocycles. The van der Waals surface area contributed by atoms with Gasteiger partial charge in [0.2, 0.25) is 0 Å². The van der Waals surface area contributed by atoms with Crippen LogP contribution in [0, 0.1) is 13.8 Å². The summed E-state index contributed by atoms with van der Waals surface area (Å²) in [5.41, 5.74) is 3.77. The summed E-state index contributed by atoms with van der Waals surface area (Å²) in [4.78, 5) is 0. The fourth-order valence-electron chi connectivity index (χ4n) is 1.69. The Labute approximate surface area is 77.9 Å². The average Bonchev–Trinajstić information content (AvgIpc) is 2.44. The van der Waals surface area contributed by atoms with E-state index in [0.29, 0.717) is 0 Å². The Bertz CT molecular complexity index is 468. The summed E-state index contributed by atoms with van der Waals surface area (Å²) in [7, 11) is 4.13. The molecule has 3 heteroatoms. The standard InChI is InChI=1S/C10H15N3/c1-8-5-9(2)13-7-11(3)6-10(13)12(8)4/h5-7H,1-4H3/q+2. The van der Waals surface area contributed by atoms with E-state index in [1.165, 1.54) is 17.0 Å². The van der Waals surface area contributed by atoms with Crippen LogP contribution in [0.4, 0.5) is 0 Å². The van der Waals surface area contributed by atoms with E-state index in [1.54, 1.807) is 0 Å². The van der Waals surface area contributed by atoms with E-state index < -0.39 is 0 Å². The van der Waals surface area contributed by atoms with Crippen LogP contribution in [0.3, 0.4) is 0 Å².